The molecule has 0 aromatic rings. The van der Waals surface area contributed by atoms with Crippen molar-refractivity contribution in [3.05, 3.63) is 0 Å². The van der Waals surface area contributed by atoms with Crippen LogP contribution in [0.5, 0.6) is 0 Å². The third-order valence-electron chi connectivity index (χ3n) is 0.351. The molecule has 0 saturated heterocycles. The zero-order valence-corrected chi connectivity index (χ0v) is 8.46. The fourth-order valence-corrected chi connectivity index (χ4v) is 0.144. The molecule has 0 aliphatic carbocycles. The Kier molecular flexibility index (Phi) is 23.7. The van der Waals surface area contributed by atoms with Crippen LogP contribution in [0.2, 0.25) is 0 Å². The molecule has 0 atom stereocenters. The molecule has 7 N–H and O–H groups in total. The molecular formula is C7H20N4O2. The Morgan fingerprint density at radius 1 is 1.08 bits per heavy atom. The third kappa shape index (κ3) is 220. The maximum Gasteiger partial charge on any atom is 0.217 e. The minimum absolute atomic E-state index is 0.0856. The molecule has 0 saturated carbocycles. The molecule has 13 heavy (non-hydrogen) atoms. The van der Waals surface area contributed by atoms with Crippen LogP contribution in [0.4, 0.5) is 0 Å². The Bertz CT molecular complexity index is 124. The maximum atomic E-state index is 9.85. The average molecular weight is 192 g/mol. The van der Waals surface area contributed by atoms with Gasteiger partial charge in [-0.15, -0.1) is 0 Å². The van der Waals surface area contributed by atoms with E-state index in [1.165, 1.54) is 20.8 Å². The van der Waals surface area contributed by atoms with Gasteiger partial charge >= 0.3 is 0 Å². The van der Waals surface area contributed by atoms with Gasteiger partial charge in [-0.2, -0.15) is 0 Å². The summed E-state index contributed by atoms with van der Waals surface area (Å²) < 4.78 is 0. The van der Waals surface area contributed by atoms with Crippen LogP contribution >= 0.6 is 0 Å². The first kappa shape index (κ1) is 17.9. The number of carbonyl (C=O) groups excluding carboxylic acids is 2. The lowest BCUT2D eigenvalue weighted by atomic mass is 10.6. The Morgan fingerprint density at radius 3 is 1.31 bits per heavy atom. The molecule has 0 aliphatic rings. The van der Waals surface area contributed by atoms with Crippen molar-refractivity contribution in [3.8, 4) is 0 Å². The summed E-state index contributed by atoms with van der Waals surface area (Å²) in [6.07, 6.45) is 0. The standard InChI is InChI=1S/C3H8N2O.C3H6O.CH6N2/c1-3(6)5-2-4;1-3(2)4;2-1-3/h2,4H2,1H3,(H,5,6);1-2H3;1-3H2. The predicted octanol–water partition coefficient (Wildman–Crippen LogP) is -1.50. The zero-order chi connectivity index (χ0) is 11.3. The minimum Gasteiger partial charge on any atom is -0.344 e. The van der Waals surface area contributed by atoms with Gasteiger partial charge in [0, 0.05) is 13.6 Å². The molecule has 0 heterocycles. The predicted molar refractivity (Wildman–Crippen MR) is 52.5 cm³/mol. The van der Waals surface area contributed by atoms with E-state index in [0.717, 1.165) is 0 Å². The molecule has 6 heteroatoms. The SMILES string of the molecule is CC(=O)NCN.CC(C)=O.NCN. The van der Waals surface area contributed by atoms with Crippen molar-refractivity contribution >= 4 is 11.7 Å². The molecule has 0 rings (SSSR count). The molecule has 0 aliphatic heterocycles. The van der Waals surface area contributed by atoms with Crippen molar-refractivity contribution in [2.45, 2.75) is 20.8 Å². The van der Waals surface area contributed by atoms with Gasteiger partial charge in [0.15, 0.2) is 0 Å². The van der Waals surface area contributed by atoms with E-state index < -0.39 is 0 Å². The van der Waals surface area contributed by atoms with E-state index in [1.807, 2.05) is 0 Å². The van der Waals surface area contributed by atoms with Gasteiger partial charge in [0.25, 0.3) is 0 Å². The normalized spacial score (nSPS) is 6.92. The van der Waals surface area contributed by atoms with E-state index in [0.29, 0.717) is 0 Å². The monoisotopic (exact) mass is 192 g/mol. The van der Waals surface area contributed by atoms with Gasteiger partial charge < -0.3 is 27.3 Å². The summed E-state index contributed by atoms with van der Waals surface area (Å²) >= 11 is 0. The molecule has 6 nitrogen and oxygen atoms in total. The van der Waals surface area contributed by atoms with Gasteiger partial charge in [-0.25, -0.2) is 0 Å². The second-order valence-electron chi connectivity index (χ2n) is 2.08. The Morgan fingerprint density at radius 2 is 1.31 bits per heavy atom. The second kappa shape index (κ2) is 17.2. The van der Waals surface area contributed by atoms with Crippen LogP contribution in [-0.4, -0.2) is 25.0 Å². The molecule has 0 aromatic heterocycles. The Balaban J connectivity index is -0.000000125. The van der Waals surface area contributed by atoms with E-state index in [2.05, 4.69) is 16.8 Å². The van der Waals surface area contributed by atoms with Crippen LogP contribution in [0.25, 0.3) is 0 Å². The third-order valence-corrected chi connectivity index (χ3v) is 0.351. The Labute approximate surface area is 78.8 Å². The van der Waals surface area contributed by atoms with Crippen LogP contribution in [0.3, 0.4) is 0 Å². The first-order chi connectivity index (χ1) is 5.92. The molecule has 80 valence electrons. The maximum absolute atomic E-state index is 9.85. The molecule has 0 fully saturated rings. The van der Waals surface area contributed by atoms with Crippen LogP contribution in [-0.2, 0) is 9.59 Å². The number of nitrogens with two attached hydrogens (primary N) is 3. The summed E-state index contributed by atoms with van der Waals surface area (Å²) in [5.74, 6) is 0.0810. The van der Waals surface area contributed by atoms with Gasteiger partial charge in [-0.3, -0.25) is 4.79 Å². The van der Waals surface area contributed by atoms with Crippen molar-refractivity contribution in [2.24, 2.45) is 17.2 Å². The van der Waals surface area contributed by atoms with E-state index in [-0.39, 0.29) is 25.0 Å². The first-order valence-corrected chi connectivity index (χ1v) is 3.74. The summed E-state index contributed by atoms with van der Waals surface area (Å²) in [6.45, 7) is 4.96. The zero-order valence-electron chi connectivity index (χ0n) is 8.46. The van der Waals surface area contributed by atoms with Crippen LogP contribution < -0.4 is 22.5 Å². The molecule has 1 amide bonds. The summed E-state index contributed by atoms with van der Waals surface area (Å²) in [5, 5.41) is 2.35. The molecule has 0 unspecified atom stereocenters. The number of amides is 1. The molecule has 0 bridgehead atoms. The minimum atomic E-state index is -0.0856. The number of nitrogens with one attached hydrogen (secondary N) is 1. The summed E-state index contributed by atoms with van der Waals surface area (Å²) in [7, 11) is 0. The highest BCUT2D eigenvalue weighted by Crippen LogP contribution is 1.50. The number of rotatable bonds is 1. The van der Waals surface area contributed by atoms with Gasteiger partial charge in [-0.1, -0.05) is 0 Å². The molecule has 0 radical (unpaired) electrons. The lowest BCUT2D eigenvalue weighted by Crippen LogP contribution is -2.26. The van der Waals surface area contributed by atoms with Crippen LogP contribution in [0.15, 0.2) is 0 Å². The van der Waals surface area contributed by atoms with Crippen molar-refractivity contribution in [1.82, 2.24) is 5.32 Å². The lowest BCUT2D eigenvalue weighted by Gasteiger charge is -1.89. The van der Waals surface area contributed by atoms with Crippen molar-refractivity contribution in [2.75, 3.05) is 13.3 Å². The first-order valence-electron chi connectivity index (χ1n) is 3.74. The fraction of sp³-hybridized carbons (Fsp3) is 0.714. The highest BCUT2D eigenvalue weighted by Gasteiger charge is 1.79. The molecule has 0 spiro atoms. The topological polar surface area (TPSA) is 124 Å². The van der Waals surface area contributed by atoms with Crippen molar-refractivity contribution in [1.29, 1.82) is 0 Å². The number of hydrogen-bond donors (Lipinski definition) is 4. The fourth-order valence-electron chi connectivity index (χ4n) is 0.144. The Hall–Kier alpha value is -0.980. The number of carbonyl (C=O) groups is 2. The highest BCUT2D eigenvalue weighted by molar-refractivity contribution is 5.72. The lowest BCUT2D eigenvalue weighted by molar-refractivity contribution is -0.119. The van der Waals surface area contributed by atoms with Gasteiger partial charge in [-0.05, 0) is 13.8 Å². The van der Waals surface area contributed by atoms with E-state index >= 15 is 0 Å². The molecule has 0 aromatic carbocycles. The van der Waals surface area contributed by atoms with E-state index in [1.54, 1.807) is 0 Å². The summed E-state index contributed by atoms with van der Waals surface area (Å²) in [4.78, 5) is 19.3. The van der Waals surface area contributed by atoms with Gasteiger partial charge in [0.1, 0.15) is 5.78 Å². The van der Waals surface area contributed by atoms with Crippen molar-refractivity contribution in [3.63, 3.8) is 0 Å². The summed E-state index contributed by atoms with van der Waals surface area (Å²) in [5.41, 5.74) is 14.1. The highest BCUT2D eigenvalue weighted by atomic mass is 16.1. The average Bonchev–Trinajstić information content (AvgIpc) is 1.86. The summed E-state index contributed by atoms with van der Waals surface area (Å²) in [6, 6.07) is 0. The van der Waals surface area contributed by atoms with Crippen molar-refractivity contribution < 1.29 is 9.59 Å². The van der Waals surface area contributed by atoms with Crippen LogP contribution in [0.1, 0.15) is 20.8 Å². The smallest absolute Gasteiger partial charge is 0.217 e. The number of ketones is 1. The van der Waals surface area contributed by atoms with E-state index in [4.69, 9.17) is 5.73 Å². The second-order valence-corrected chi connectivity index (χ2v) is 2.08. The quantitative estimate of drug-likeness (QED) is 0.376. The number of hydrogen-bond acceptors (Lipinski definition) is 5. The van der Waals surface area contributed by atoms with Gasteiger partial charge in [0.2, 0.25) is 5.91 Å². The van der Waals surface area contributed by atoms with E-state index in [9.17, 15) is 9.59 Å². The van der Waals surface area contributed by atoms with Gasteiger partial charge in [0.05, 0.1) is 6.67 Å². The number of Topliss-reactive ketones (excluding diaryl/α,β-unsaturated/α-hetero) is 1. The largest absolute Gasteiger partial charge is 0.344 e. The van der Waals surface area contributed by atoms with Crippen LogP contribution in [0, 0.1) is 0 Å². The molecular weight excluding hydrogens is 172 g/mol.